The smallest absolute Gasteiger partial charge is 0.410 e. The van der Waals surface area contributed by atoms with Crippen LogP contribution in [0.1, 0.15) is 79.6 Å². The van der Waals surface area contributed by atoms with E-state index in [2.05, 4.69) is 67.0 Å². The lowest BCUT2D eigenvalue weighted by molar-refractivity contribution is 0.0218. The van der Waals surface area contributed by atoms with Gasteiger partial charge in [-0.3, -0.25) is 4.90 Å². The average Bonchev–Trinajstić information content (AvgIpc) is 3.68. The van der Waals surface area contributed by atoms with Gasteiger partial charge >= 0.3 is 12.2 Å². The van der Waals surface area contributed by atoms with Crippen molar-refractivity contribution in [3.8, 4) is 22.4 Å². The number of alkyl carbamates (subject to hydrolysis) is 1. The summed E-state index contributed by atoms with van der Waals surface area (Å²) in [6.07, 6.45) is 7.17. The Morgan fingerprint density at radius 3 is 2.19 bits per heavy atom. The molecule has 4 aromatic rings. The topological polar surface area (TPSA) is 134 Å². The molecule has 0 bridgehead atoms. The lowest BCUT2D eigenvalue weighted by atomic mass is 10.0. The normalized spacial score (nSPS) is 15.6. The summed E-state index contributed by atoms with van der Waals surface area (Å²) in [6.45, 7) is 14.3. The number of carbonyl (C=O) groups is 2. The molecule has 1 fully saturated rings. The third-order valence-corrected chi connectivity index (χ3v) is 7.65. The number of anilines is 1. The summed E-state index contributed by atoms with van der Waals surface area (Å²) >= 11 is 0. The lowest BCUT2D eigenvalue weighted by Crippen LogP contribution is -2.42. The second kappa shape index (κ2) is 14.6. The van der Waals surface area contributed by atoms with Crippen molar-refractivity contribution in [3.05, 3.63) is 60.8 Å². The predicted molar refractivity (Wildman–Crippen MR) is 190 cm³/mol. The van der Waals surface area contributed by atoms with Gasteiger partial charge in [0.1, 0.15) is 17.0 Å². The van der Waals surface area contributed by atoms with Gasteiger partial charge in [-0.2, -0.15) is 13.5 Å². The first kappa shape index (κ1) is 35.5. The molecule has 0 aliphatic carbocycles. The fourth-order valence-electron chi connectivity index (χ4n) is 5.39. The minimum Gasteiger partial charge on any atom is -0.444 e. The summed E-state index contributed by atoms with van der Waals surface area (Å²) in [5, 5.41) is 8.27. The highest BCUT2D eigenvalue weighted by molar-refractivity contribution is 7.59. The van der Waals surface area contributed by atoms with E-state index in [1.807, 2.05) is 54.7 Å². The highest BCUT2D eigenvalue weighted by Gasteiger charge is 2.34. The Morgan fingerprint density at radius 2 is 1.55 bits per heavy atom. The largest absolute Gasteiger partial charge is 0.444 e. The number of nitrogens with zero attached hydrogens (tertiary/aromatic N) is 4. The number of aromatic amines is 1. The summed E-state index contributed by atoms with van der Waals surface area (Å²) in [6, 6.07) is 12.3. The van der Waals surface area contributed by atoms with Gasteiger partial charge in [0.2, 0.25) is 5.95 Å². The molecule has 5 rings (SSSR count). The van der Waals surface area contributed by atoms with Gasteiger partial charge in [0.05, 0.1) is 17.9 Å². The first-order chi connectivity index (χ1) is 21.8. The fraction of sp³-hybridized carbons (Fsp3) is 0.457. The van der Waals surface area contributed by atoms with Crippen molar-refractivity contribution in [3.63, 3.8) is 0 Å². The second-order valence-corrected chi connectivity index (χ2v) is 13.7. The molecule has 252 valence electrons. The van der Waals surface area contributed by atoms with Crippen molar-refractivity contribution in [2.24, 2.45) is 0 Å². The van der Waals surface area contributed by atoms with Crippen molar-refractivity contribution in [2.75, 3.05) is 18.4 Å². The summed E-state index contributed by atoms with van der Waals surface area (Å²) in [7, 11) is 0. The molecule has 2 amide bonds. The number of hydrogen-bond donors (Lipinski definition) is 3. The quantitative estimate of drug-likeness (QED) is 0.176. The number of fused-ring (bicyclic) bond motifs is 1. The van der Waals surface area contributed by atoms with Crippen LogP contribution in [0.4, 0.5) is 15.5 Å². The Labute approximate surface area is 283 Å². The Balaban J connectivity index is 0.00000500. The zero-order valence-corrected chi connectivity index (χ0v) is 29.3. The highest BCUT2D eigenvalue weighted by atomic mass is 32.1. The van der Waals surface area contributed by atoms with E-state index < -0.39 is 17.3 Å². The number of imidazole rings is 1. The van der Waals surface area contributed by atoms with Crippen molar-refractivity contribution in [1.29, 1.82) is 0 Å². The van der Waals surface area contributed by atoms with Gasteiger partial charge in [0.25, 0.3) is 0 Å². The molecule has 1 aliphatic rings. The summed E-state index contributed by atoms with van der Waals surface area (Å²) < 4.78 is 11.0. The van der Waals surface area contributed by atoms with Gasteiger partial charge in [-0.25, -0.2) is 24.5 Å². The van der Waals surface area contributed by atoms with Crippen LogP contribution in [0.2, 0.25) is 0 Å². The van der Waals surface area contributed by atoms with E-state index in [1.165, 1.54) is 0 Å². The SMILES string of the molecule is CCC(CNc1ncc(-c2ccc3cc(-c4cnc(C5CCCN5C(=O)OC(C)(C)C)[nH]4)ccc3c2)cn1)NC(=O)OC(C)(C)C.S. The molecule has 12 heteroatoms. The molecule has 11 nitrogen and oxygen atoms in total. The lowest BCUT2D eigenvalue weighted by Gasteiger charge is -2.27. The van der Waals surface area contributed by atoms with Crippen LogP contribution in [0.5, 0.6) is 0 Å². The van der Waals surface area contributed by atoms with Crippen molar-refractivity contribution in [2.45, 2.75) is 91.0 Å². The van der Waals surface area contributed by atoms with Gasteiger partial charge in [-0.1, -0.05) is 31.2 Å². The van der Waals surface area contributed by atoms with E-state index >= 15 is 0 Å². The molecule has 1 saturated heterocycles. The number of H-pyrrole nitrogens is 1. The molecule has 1 aliphatic heterocycles. The number of amides is 2. The number of ether oxygens (including phenoxy) is 2. The molecule has 3 heterocycles. The van der Waals surface area contributed by atoms with Gasteiger partial charge < -0.3 is 25.1 Å². The Bertz CT molecular complexity index is 1680. The van der Waals surface area contributed by atoms with E-state index in [1.54, 1.807) is 17.3 Å². The van der Waals surface area contributed by atoms with Gasteiger partial charge in [-0.15, -0.1) is 0 Å². The third kappa shape index (κ3) is 9.37. The van der Waals surface area contributed by atoms with Gasteiger partial charge in [0, 0.05) is 42.7 Å². The maximum Gasteiger partial charge on any atom is 0.410 e. The van der Waals surface area contributed by atoms with Crippen LogP contribution in [-0.2, 0) is 9.47 Å². The van der Waals surface area contributed by atoms with Crippen molar-refractivity contribution >= 4 is 42.4 Å². The van der Waals surface area contributed by atoms with E-state index in [4.69, 9.17) is 9.47 Å². The van der Waals surface area contributed by atoms with Crippen LogP contribution in [0.25, 0.3) is 33.2 Å². The molecule has 3 N–H and O–H groups in total. The molecule has 0 saturated carbocycles. The van der Waals surface area contributed by atoms with Crippen LogP contribution in [0.3, 0.4) is 0 Å². The Hall–Kier alpha value is -4.32. The maximum atomic E-state index is 12.8. The van der Waals surface area contributed by atoms with E-state index in [0.717, 1.165) is 58.2 Å². The molecule has 0 spiro atoms. The molecular formula is C35H47N7O4S. The number of carbonyl (C=O) groups excluding carboxylic acids is 2. The number of hydrogen-bond acceptors (Lipinski definition) is 8. The van der Waals surface area contributed by atoms with Crippen LogP contribution < -0.4 is 10.6 Å². The van der Waals surface area contributed by atoms with E-state index in [0.29, 0.717) is 19.0 Å². The predicted octanol–water partition coefficient (Wildman–Crippen LogP) is 7.59. The minimum absolute atomic E-state index is 0. The molecule has 2 aromatic heterocycles. The number of benzene rings is 2. The Kier molecular flexibility index (Phi) is 11.1. The number of nitrogens with one attached hydrogen (secondary N) is 3. The van der Waals surface area contributed by atoms with Gasteiger partial charge in [-0.05, 0) is 89.3 Å². The minimum atomic E-state index is -0.549. The summed E-state index contributed by atoms with van der Waals surface area (Å²) in [5.41, 5.74) is 2.74. The van der Waals surface area contributed by atoms with Crippen LogP contribution in [-0.4, -0.2) is 67.4 Å². The van der Waals surface area contributed by atoms with Crippen molar-refractivity contribution in [1.82, 2.24) is 30.2 Å². The fourth-order valence-corrected chi connectivity index (χ4v) is 5.39. The van der Waals surface area contributed by atoms with Crippen molar-refractivity contribution < 1.29 is 19.1 Å². The van der Waals surface area contributed by atoms with E-state index in [-0.39, 0.29) is 31.7 Å². The highest BCUT2D eigenvalue weighted by Crippen LogP contribution is 2.34. The third-order valence-electron chi connectivity index (χ3n) is 7.65. The van der Waals surface area contributed by atoms with Crippen LogP contribution in [0, 0.1) is 0 Å². The molecule has 2 atom stereocenters. The van der Waals surface area contributed by atoms with Crippen LogP contribution >= 0.6 is 13.5 Å². The summed E-state index contributed by atoms with van der Waals surface area (Å²) in [5.74, 6) is 1.26. The number of aromatic nitrogens is 4. The maximum absolute atomic E-state index is 12.8. The van der Waals surface area contributed by atoms with Crippen LogP contribution in [0.15, 0.2) is 55.0 Å². The number of rotatable bonds is 8. The van der Waals surface area contributed by atoms with Gasteiger partial charge in [0.15, 0.2) is 0 Å². The zero-order valence-electron chi connectivity index (χ0n) is 28.3. The first-order valence-electron chi connectivity index (χ1n) is 15.9. The zero-order chi connectivity index (χ0) is 33.1. The molecule has 2 unspecified atom stereocenters. The monoisotopic (exact) mass is 661 g/mol. The summed E-state index contributed by atoms with van der Waals surface area (Å²) in [4.78, 5) is 43.8. The standard InChI is InChI=1S/C35H45N7O4.H2S/c1-8-27(40-32(43)45-34(2,3)4)20-39-31-37-18-26(19-38-31)24-12-11-23-17-25(14-13-22(23)16-24)28-21-36-30(41-28)29-10-9-15-42(29)33(44)46-35(5,6)7;/h11-14,16-19,21,27,29H,8-10,15,20H2,1-7H3,(H,36,41)(H,40,43)(H,37,38,39);1H2. The molecule has 0 radical (unpaired) electrons. The molecular weight excluding hydrogens is 614 g/mol. The first-order valence-corrected chi connectivity index (χ1v) is 15.9. The molecule has 2 aromatic carbocycles. The second-order valence-electron chi connectivity index (χ2n) is 13.7. The molecule has 47 heavy (non-hydrogen) atoms. The average molecular weight is 662 g/mol. The Morgan fingerprint density at radius 1 is 0.915 bits per heavy atom. The van der Waals surface area contributed by atoms with E-state index in [9.17, 15) is 9.59 Å². The number of likely N-dealkylation sites (tertiary alicyclic amines) is 1.